The Morgan fingerprint density at radius 3 is 2.68 bits per heavy atom. The Balaban J connectivity index is 1.64. The van der Waals surface area contributed by atoms with Crippen LogP contribution in [-0.4, -0.2) is 24.7 Å². The van der Waals surface area contributed by atoms with E-state index in [0.29, 0.717) is 23.7 Å². The van der Waals surface area contributed by atoms with Gasteiger partial charge < -0.3 is 14.6 Å². The topological polar surface area (TPSA) is 64.4 Å². The number of nitrogens with zero attached hydrogens (tertiary/aromatic N) is 1. The molecule has 0 aliphatic heterocycles. The summed E-state index contributed by atoms with van der Waals surface area (Å²) in [6.45, 7) is 4.71. The van der Waals surface area contributed by atoms with Gasteiger partial charge in [0.1, 0.15) is 5.75 Å². The lowest BCUT2D eigenvalue weighted by molar-refractivity contribution is 0.0945. The summed E-state index contributed by atoms with van der Waals surface area (Å²) in [5.74, 6) is 1.02. The summed E-state index contributed by atoms with van der Waals surface area (Å²) in [5.41, 5.74) is 4.55. The van der Waals surface area contributed by atoms with Crippen LogP contribution in [0.2, 0.25) is 5.02 Å². The predicted octanol–water partition coefficient (Wildman–Crippen LogP) is 6.32. The van der Waals surface area contributed by atoms with E-state index in [-0.39, 0.29) is 11.6 Å². The van der Waals surface area contributed by atoms with Gasteiger partial charge in [0, 0.05) is 23.2 Å². The van der Waals surface area contributed by atoms with E-state index in [1.54, 1.807) is 13.2 Å². The van der Waals surface area contributed by atoms with E-state index in [0.717, 1.165) is 29.7 Å². The molecule has 6 heteroatoms. The average molecular weight is 439 g/mol. The van der Waals surface area contributed by atoms with E-state index in [1.807, 2.05) is 42.5 Å². The molecule has 3 aromatic rings. The molecule has 0 aliphatic rings. The Labute approximate surface area is 188 Å². The fraction of sp³-hybridized carbons (Fsp3) is 0.280. The molecule has 1 heterocycles. The molecule has 0 spiro atoms. The van der Waals surface area contributed by atoms with E-state index in [1.165, 1.54) is 11.1 Å². The number of nitrogens with one attached hydrogen (secondary N) is 1. The smallest absolute Gasteiger partial charge is 0.273 e. The zero-order valence-electron chi connectivity index (χ0n) is 18.1. The third-order valence-corrected chi connectivity index (χ3v) is 5.26. The number of halogens is 1. The highest BCUT2D eigenvalue weighted by atomic mass is 35.5. The summed E-state index contributed by atoms with van der Waals surface area (Å²) in [5, 5.41) is 7.56. The molecule has 5 nitrogen and oxygen atoms in total. The van der Waals surface area contributed by atoms with E-state index in [2.05, 4.69) is 30.4 Å². The molecule has 1 N–H and O–H groups in total. The molecule has 0 fully saturated rings. The Morgan fingerprint density at radius 1 is 1.19 bits per heavy atom. The maximum absolute atomic E-state index is 12.5. The van der Waals surface area contributed by atoms with Crippen LogP contribution in [0.4, 0.5) is 0 Å². The molecule has 0 bridgehead atoms. The van der Waals surface area contributed by atoms with E-state index in [9.17, 15) is 4.79 Å². The molecular weight excluding hydrogens is 412 g/mol. The second-order valence-corrected chi connectivity index (χ2v) is 7.72. The molecule has 0 atom stereocenters. The summed E-state index contributed by atoms with van der Waals surface area (Å²) in [6, 6.07) is 14.9. The maximum Gasteiger partial charge on any atom is 0.273 e. The minimum absolute atomic E-state index is 0.254. The van der Waals surface area contributed by atoms with Gasteiger partial charge in [-0.05, 0) is 72.9 Å². The number of unbranched alkanes of at least 4 members (excludes halogenated alkanes) is 1. The maximum atomic E-state index is 12.5. The van der Waals surface area contributed by atoms with Crippen molar-refractivity contribution in [2.24, 2.45) is 0 Å². The molecule has 0 aliphatic carbocycles. The molecule has 31 heavy (non-hydrogen) atoms. The lowest BCUT2D eigenvalue weighted by atomic mass is 9.96. The molecular formula is C25H27ClN2O3. The zero-order chi connectivity index (χ0) is 22.2. The number of hydrogen-bond donors (Lipinski definition) is 1. The SMILES string of the molecule is CCC/C=C(/CCNC(=O)c1cc(-c2ccc(OC)cc2)on1)c1cc(Cl)ccc1C. The van der Waals surface area contributed by atoms with Crippen LogP contribution in [0.25, 0.3) is 16.9 Å². The number of carbonyl (C=O) groups excluding carboxylic acids is 1. The Morgan fingerprint density at radius 2 is 1.97 bits per heavy atom. The van der Waals surface area contributed by atoms with Crippen LogP contribution in [0, 0.1) is 6.92 Å². The molecule has 1 aromatic heterocycles. The lowest BCUT2D eigenvalue weighted by Crippen LogP contribution is -2.24. The first-order valence-corrected chi connectivity index (χ1v) is 10.7. The van der Waals surface area contributed by atoms with Crippen LogP contribution in [0.3, 0.4) is 0 Å². The Kier molecular flexibility index (Phi) is 7.90. The third-order valence-electron chi connectivity index (χ3n) is 5.02. The van der Waals surface area contributed by atoms with Gasteiger partial charge in [-0.15, -0.1) is 0 Å². The van der Waals surface area contributed by atoms with Crippen molar-refractivity contribution >= 4 is 23.1 Å². The zero-order valence-corrected chi connectivity index (χ0v) is 18.8. The van der Waals surface area contributed by atoms with Gasteiger partial charge in [-0.2, -0.15) is 0 Å². The predicted molar refractivity (Wildman–Crippen MR) is 125 cm³/mol. The van der Waals surface area contributed by atoms with Crippen LogP contribution in [-0.2, 0) is 0 Å². The van der Waals surface area contributed by atoms with Gasteiger partial charge in [0.15, 0.2) is 11.5 Å². The van der Waals surface area contributed by atoms with Gasteiger partial charge in [-0.1, -0.05) is 42.2 Å². The van der Waals surface area contributed by atoms with Crippen molar-refractivity contribution in [1.29, 1.82) is 0 Å². The van der Waals surface area contributed by atoms with Crippen molar-refractivity contribution in [3.8, 4) is 17.1 Å². The van der Waals surface area contributed by atoms with E-state index >= 15 is 0 Å². The molecule has 162 valence electrons. The molecule has 3 rings (SSSR count). The van der Waals surface area contributed by atoms with Crippen molar-refractivity contribution in [3.05, 3.63) is 76.5 Å². The molecule has 0 saturated carbocycles. The summed E-state index contributed by atoms with van der Waals surface area (Å²) < 4.78 is 10.5. The molecule has 0 radical (unpaired) electrons. The Hall–Kier alpha value is -3.05. The summed E-state index contributed by atoms with van der Waals surface area (Å²) in [7, 11) is 1.61. The number of amides is 1. The van der Waals surface area contributed by atoms with Gasteiger partial charge >= 0.3 is 0 Å². The second kappa shape index (κ2) is 10.8. The monoisotopic (exact) mass is 438 g/mol. The normalized spacial score (nSPS) is 11.4. The number of rotatable bonds is 9. The summed E-state index contributed by atoms with van der Waals surface area (Å²) in [6.07, 6.45) is 4.96. The van der Waals surface area contributed by atoms with Crippen molar-refractivity contribution in [2.75, 3.05) is 13.7 Å². The Bertz CT molecular complexity index is 1050. The number of aryl methyl sites for hydroxylation is 1. The van der Waals surface area contributed by atoms with Gasteiger partial charge in [-0.3, -0.25) is 4.79 Å². The minimum atomic E-state index is -0.263. The lowest BCUT2D eigenvalue weighted by Gasteiger charge is -2.12. The number of carbonyl (C=O) groups is 1. The van der Waals surface area contributed by atoms with Crippen LogP contribution in [0.15, 0.2) is 59.1 Å². The highest BCUT2D eigenvalue weighted by Gasteiger charge is 2.14. The largest absolute Gasteiger partial charge is 0.497 e. The fourth-order valence-corrected chi connectivity index (χ4v) is 3.45. The standard InChI is InChI=1S/C25H27ClN2O3/c1-4-5-6-18(22-15-20(26)10-7-17(22)2)13-14-27-25(29)23-16-24(31-28-23)19-8-11-21(30-3)12-9-19/h6-12,15-16H,4-5,13-14H2,1-3H3,(H,27,29)/b18-6-. The molecule has 2 aromatic carbocycles. The summed E-state index contributed by atoms with van der Waals surface area (Å²) >= 11 is 6.21. The summed E-state index contributed by atoms with van der Waals surface area (Å²) in [4.78, 5) is 12.5. The van der Waals surface area contributed by atoms with Gasteiger partial charge in [-0.25, -0.2) is 0 Å². The quantitative estimate of drug-likeness (QED) is 0.424. The van der Waals surface area contributed by atoms with E-state index < -0.39 is 0 Å². The van der Waals surface area contributed by atoms with Crippen molar-refractivity contribution in [2.45, 2.75) is 33.1 Å². The molecule has 1 amide bonds. The number of benzene rings is 2. The van der Waals surface area contributed by atoms with Crippen molar-refractivity contribution in [1.82, 2.24) is 10.5 Å². The number of methoxy groups -OCH3 is 1. The van der Waals surface area contributed by atoms with Crippen molar-refractivity contribution in [3.63, 3.8) is 0 Å². The third kappa shape index (κ3) is 5.98. The second-order valence-electron chi connectivity index (χ2n) is 7.29. The minimum Gasteiger partial charge on any atom is -0.497 e. The number of aromatic nitrogens is 1. The van der Waals surface area contributed by atoms with Crippen molar-refractivity contribution < 1.29 is 14.1 Å². The van der Waals surface area contributed by atoms with Crippen LogP contribution >= 0.6 is 11.6 Å². The first-order chi connectivity index (χ1) is 15.0. The van der Waals surface area contributed by atoms with Gasteiger partial charge in [0.05, 0.1) is 7.11 Å². The average Bonchev–Trinajstić information content (AvgIpc) is 3.28. The molecule has 0 saturated heterocycles. The highest BCUT2D eigenvalue weighted by molar-refractivity contribution is 6.30. The molecule has 0 unspecified atom stereocenters. The van der Waals surface area contributed by atoms with Crippen LogP contribution in [0.1, 0.15) is 47.8 Å². The highest BCUT2D eigenvalue weighted by Crippen LogP contribution is 2.26. The number of allylic oxidation sites excluding steroid dienone is 1. The fourth-order valence-electron chi connectivity index (χ4n) is 3.28. The first-order valence-electron chi connectivity index (χ1n) is 10.4. The van der Waals surface area contributed by atoms with Crippen LogP contribution < -0.4 is 10.1 Å². The number of hydrogen-bond acceptors (Lipinski definition) is 4. The number of ether oxygens (including phenoxy) is 1. The van der Waals surface area contributed by atoms with Gasteiger partial charge in [0.25, 0.3) is 5.91 Å². The van der Waals surface area contributed by atoms with Crippen LogP contribution in [0.5, 0.6) is 5.75 Å². The first kappa shape index (κ1) is 22.6. The van der Waals surface area contributed by atoms with E-state index in [4.69, 9.17) is 20.9 Å². The van der Waals surface area contributed by atoms with Gasteiger partial charge in [0.2, 0.25) is 0 Å².